The lowest BCUT2D eigenvalue weighted by atomic mass is 10.3. The zero-order valence-electron chi connectivity index (χ0n) is 8.47. The van der Waals surface area contributed by atoms with Gasteiger partial charge in [0.15, 0.2) is 0 Å². The van der Waals surface area contributed by atoms with E-state index in [1.165, 1.54) is 0 Å². The van der Waals surface area contributed by atoms with Crippen LogP contribution in [0.5, 0.6) is 0 Å². The van der Waals surface area contributed by atoms with E-state index >= 15 is 0 Å². The van der Waals surface area contributed by atoms with Crippen LogP contribution in [0.2, 0.25) is 0 Å². The lowest BCUT2D eigenvalue weighted by molar-refractivity contribution is 0.137. The summed E-state index contributed by atoms with van der Waals surface area (Å²) in [6.45, 7) is 3.64. The molecule has 0 bridgehead atoms. The van der Waals surface area contributed by atoms with Crippen LogP contribution in [0.4, 0.5) is 4.79 Å². The third-order valence-electron chi connectivity index (χ3n) is 1.56. The van der Waals surface area contributed by atoms with Gasteiger partial charge in [0.1, 0.15) is 0 Å². The van der Waals surface area contributed by atoms with Gasteiger partial charge >= 0.3 is 6.09 Å². The van der Waals surface area contributed by atoms with Crippen LogP contribution in [-0.4, -0.2) is 33.0 Å². The van der Waals surface area contributed by atoms with Crippen molar-refractivity contribution >= 4 is 6.09 Å². The molecule has 0 radical (unpaired) electrons. The van der Waals surface area contributed by atoms with Crippen LogP contribution < -0.4 is 5.32 Å². The van der Waals surface area contributed by atoms with Crippen molar-refractivity contribution in [3.8, 4) is 0 Å². The van der Waals surface area contributed by atoms with Crippen LogP contribution in [0, 0.1) is 0 Å². The average Bonchev–Trinajstić information content (AvgIpc) is 2.13. The van der Waals surface area contributed by atoms with Crippen molar-refractivity contribution in [2.75, 3.05) is 26.9 Å². The third kappa shape index (κ3) is 9.14. The lowest BCUT2D eigenvalue weighted by Crippen LogP contribution is -2.27. The summed E-state index contributed by atoms with van der Waals surface area (Å²) >= 11 is 0. The molecule has 1 amide bonds. The van der Waals surface area contributed by atoms with Gasteiger partial charge in [-0.05, 0) is 6.42 Å². The highest BCUT2D eigenvalue weighted by molar-refractivity contribution is 5.66. The second-order valence-corrected chi connectivity index (χ2v) is 2.76. The van der Waals surface area contributed by atoms with E-state index in [1.807, 2.05) is 0 Å². The van der Waals surface area contributed by atoms with E-state index in [9.17, 15) is 4.79 Å². The Hall–Kier alpha value is -0.770. The van der Waals surface area contributed by atoms with Gasteiger partial charge < -0.3 is 14.8 Å². The molecule has 0 aromatic heterocycles. The van der Waals surface area contributed by atoms with Crippen molar-refractivity contribution in [1.82, 2.24) is 5.32 Å². The zero-order valence-corrected chi connectivity index (χ0v) is 8.47. The standard InChI is InChI=1S/C9H19NO3/c1-3-4-5-7-13-9(11)10-6-8-12-2/h3-8H2,1-2H3,(H,10,11). The largest absolute Gasteiger partial charge is 0.450 e. The number of rotatable bonds is 7. The Balaban J connectivity index is 3.11. The quantitative estimate of drug-likeness (QED) is 0.618. The van der Waals surface area contributed by atoms with Gasteiger partial charge in [0.2, 0.25) is 0 Å². The molecule has 0 aromatic rings. The summed E-state index contributed by atoms with van der Waals surface area (Å²) in [7, 11) is 1.59. The molecule has 0 aliphatic rings. The van der Waals surface area contributed by atoms with Crippen LogP contribution >= 0.6 is 0 Å². The molecule has 13 heavy (non-hydrogen) atoms. The highest BCUT2D eigenvalue weighted by atomic mass is 16.5. The van der Waals surface area contributed by atoms with Crippen LogP contribution in [0.25, 0.3) is 0 Å². The Morgan fingerprint density at radius 1 is 1.31 bits per heavy atom. The minimum absolute atomic E-state index is 0.354. The highest BCUT2D eigenvalue weighted by Gasteiger charge is 1.98. The smallest absolute Gasteiger partial charge is 0.407 e. The van der Waals surface area contributed by atoms with Gasteiger partial charge in [0, 0.05) is 13.7 Å². The van der Waals surface area contributed by atoms with Crippen molar-refractivity contribution < 1.29 is 14.3 Å². The Kier molecular flexibility index (Phi) is 8.77. The maximum atomic E-state index is 10.9. The summed E-state index contributed by atoms with van der Waals surface area (Å²) in [6.07, 6.45) is 2.82. The van der Waals surface area contributed by atoms with Crippen molar-refractivity contribution in [1.29, 1.82) is 0 Å². The van der Waals surface area contributed by atoms with Crippen molar-refractivity contribution in [2.24, 2.45) is 0 Å². The molecule has 0 saturated carbocycles. The Bertz CT molecular complexity index is 128. The molecule has 1 N–H and O–H groups in total. The van der Waals surface area contributed by atoms with Crippen LogP contribution in [0.15, 0.2) is 0 Å². The molecule has 0 aliphatic heterocycles. The van der Waals surface area contributed by atoms with Gasteiger partial charge in [-0.1, -0.05) is 19.8 Å². The molecule has 0 heterocycles. The fourth-order valence-corrected chi connectivity index (χ4v) is 0.823. The van der Waals surface area contributed by atoms with Crippen molar-refractivity contribution in [2.45, 2.75) is 26.2 Å². The number of unbranched alkanes of at least 4 members (excludes halogenated alkanes) is 2. The first-order valence-corrected chi connectivity index (χ1v) is 4.70. The van der Waals surface area contributed by atoms with E-state index in [0.29, 0.717) is 19.8 Å². The first-order valence-electron chi connectivity index (χ1n) is 4.70. The number of nitrogens with one attached hydrogen (secondary N) is 1. The monoisotopic (exact) mass is 189 g/mol. The van der Waals surface area contributed by atoms with Crippen LogP contribution in [-0.2, 0) is 9.47 Å². The lowest BCUT2D eigenvalue weighted by Gasteiger charge is -2.05. The van der Waals surface area contributed by atoms with Gasteiger partial charge in [0.05, 0.1) is 13.2 Å². The average molecular weight is 189 g/mol. The summed E-state index contributed by atoms with van der Waals surface area (Å²) in [5.74, 6) is 0. The van der Waals surface area contributed by atoms with E-state index in [0.717, 1.165) is 19.3 Å². The SMILES string of the molecule is CCCCCOC(=O)NCCOC. The minimum Gasteiger partial charge on any atom is -0.450 e. The predicted molar refractivity (Wildman–Crippen MR) is 50.8 cm³/mol. The van der Waals surface area contributed by atoms with E-state index in [-0.39, 0.29) is 6.09 Å². The third-order valence-corrected chi connectivity index (χ3v) is 1.56. The maximum absolute atomic E-state index is 10.9. The second kappa shape index (κ2) is 9.32. The molecule has 4 nitrogen and oxygen atoms in total. The summed E-state index contributed by atoms with van der Waals surface area (Å²) in [5.41, 5.74) is 0. The molecule has 0 unspecified atom stereocenters. The normalized spacial score (nSPS) is 9.69. The molecule has 0 fully saturated rings. The Morgan fingerprint density at radius 3 is 2.69 bits per heavy atom. The number of methoxy groups -OCH3 is 1. The van der Waals surface area contributed by atoms with E-state index in [4.69, 9.17) is 9.47 Å². The molecule has 0 spiro atoms. The molecular formula is C9H19NO3. The first kappa shape index (κ1) is 12.2. The number of carbonyl (C=O) groups is 1. The van der Waals surface area contributed by atoms with E-state index in [2.05, 4.69) is 12.2 Å². The fraction of sp³-hybridized carbons (Fsp3) is 0.889. The van der Waals surface area contributed by atoms with Gasteiger partial charge in [-0.3, -0.25) is 0 Å². The Morgan fingerprint density at radius 2 is 2.08 bits per heavy atom. The van der Waals surface area contributed by atoms with Gasteiger partial charge in [-0.25, -0.2) is 4.79 Å². The summed E-state index contributed by atoms with van der Waals surface area (Å²) in [4.78, 5) is 10.9. The molecule has 0 saturated heterocycles. The van der Waals surface area contributed by atoms with Crippen molar-refractivity contribution in [3.63, 3.8) is 0 Å². The molecule has 0 aromatic carbocycles. The number of amides is 1. The fourth-order valence-electron chi connectivity index (χ4n) is 0.823. The number of hydrogen-bond acceptors (Lipinski definition) is 3. The maximum Gasteiger partial charge on any atom is 0.407 e. The molecule has 4 heteroatoms. The summed E-state index contributed by atoms with van der Waals surface area (Å²) in [5, 5.41) is 2.57. The summed E-state index contributed by atoms with van der Waals surface area (Å²) < 4.78 is 9.65. The van der Waals surface area contributed by atoms with Gasteiger partial charge in [0.25, 0.3) is 0 Å². The topological polar surface area (TPSA) is 47.6 Å². The molecule has 0 atom stereocenters. The second-order valence-electron chi connectivity index (χ2n) is 2.76. The van der Waals surface area contributed by atoms with E-state index in [1.54, 1.807) is 7.11 Å². The Labute approximate surface area is 79.6 Å². The summed E-state index contributed by atoms with van der Waals surface area (Å²) in [6, 6.07) is 0. The molecule has 0 aliphatic carbocycles. The zero-order chi connectivity index (χ0) is 9.94. The van der Waals surface area contributed by atoms with Crippen LogP contribution in [0.1, 0.15) is 26.2 Å². The number of hydrogen-bond donors (Lipinski definition) is 1. The van der Waals surface area contributed by atoms with Gasteiger partial charge in [-0.15, -0.1) is 0 Å². The molecular weight excluding hydrogens is 170 g/mol. The predicted octanol–water partition coefficient (Wildman–Crippen LogP) is 1.55. The van der Waals surface area contributed by atoms with E-state index < -0.39 is 0 Å². The van der Waals surface area contributed by atoms with Crippen molar-refractivity contribution in [3.05, 3.63) is 0 Å². The first-order chi connectivity index (χ1) is 6.31. The highest BCUT2D eigenvalue weighted by Crippen LogP contribution is 1.93. The number of ether oxygens (including phenoxy) is 2. The molecule has 78 valence electrons. The van der Waals surface area contributed by atoms with Gasteiger partial charge in [-0.2, -0.15) is 0 Å². The minimum atomic E-state index is -0.354. The molecule has 0 rings (SSSR count). The number of carbonyl (C=O) groups excluding carboxylic acids is 1. The number of alkyl carbamates (subject to hydrolysis) is 1. The van der Waals surface area contributed by atoms with Crippen LogP contribution in [0.3, 0.4) is 0 Å².